The summed E-state index contributed by atoms with van der Waals surface area (Å²) >= 11 is 1.45. The van der Waals surface area contributed by atoms with Crippen LogP contribution in [0.1, 0.15) is 27.9 Å². The van der Waals surface area contributed by atoms with Gasteiger partial charge < -0.3 is 10.0 Å². The van der Waals surface area contributed by atoms with Crippen molar-refractivity contribution in [3.63, 3.8) is 0 Å². The minimum absolute atomic E-state index is 0.0302. The highest BCUT2D eigenvalue weighted by Crippen LogP contribution is 2.32. The fourth-order valence-electron chi connectivity index (χ4n) is 2.89. The molecule has 1 aliphatic rings. The molecule has 0 spiro atoms. The van der Waals surface area contributed by atoms with Crippen molar-refractivity contribution < 1.29 is 14.3 Å². The quantitative estimate of drug-likeness (QED) is 0.910. The second-order valence-corrected chi connectivity index (χ2v) is 7.43. The van der Waals surface area contributed by atoms with Gasteiger partial charge in [0, 0.05) is 18.0 Å². The second kappa shape index (κ2) is 6.42. The van der Waals surface area contributed by atoms with E-state index in [2.05, 4.69) is 0 Å². The molecule has 2 aromatic rings. The zero-order valence-corrected chi connectivity index (χ0v) is 14.1. The Bertz CT molecular complexity index is 710. The molecule has 0 saturated carbocycles. The molecule has 1 aromatic heterocycles. The Morgan fingerprint density at radius 3 is 2.70 bits per heavy atom. The number of amides is 1. The number of β-amino-alcohol motifs (C(OH)–C–C–N with tert-alkyl or cyclic N) is 1. The predicted molar refractivity (Wildman–Crippen MR) is 90.1 cm³/mol. The lowest BCUT2D eigenvalue weighted by Gasteiger charge is -2.34. The number of aliphatic hydroxyl groups excluding tert-OH is 1. The van der Waals surface area contributed by atoms with Crippen molar-refractivity contribution in [2.75, 3.05) is 13.1 Å². The van der Waals surface area contributed by atoms with Crippen LogP contribution < -0.4 is 0 Å². The van der Waals surface area contributed by atoms with Crippen LogP contribution in [0.3, 0.4) is 0 Å². The molecule has 1 saturated heterocycles. The van der Waals surface area contributed by atoms with Gasteiger partial charge in [0.25, 0.3) is 5.91 Å². The maximum Gasteiger partial charge on any atom is 0.264 e. The molecule has 0 bridgehead atoms. The second-order valence-electron chi connectivity index (χ2n) is 6.17. The van der Waals surface area contributed by atoms with Crippen LogP contribution in [0.25, 0.3) is 11.1 Å². The van der Waals surface area contributed by atoms with Crippen molar-refractivity contribution >= 4 is 17.2 Å². The lowest BCUT2D eigenvalue weighted by molar-refractivity contribution is 0.0251. The van der Waals surface area contributed by atoms with E-state index in [9.17, 15) is 14.3 Å². The third-order valence-corrected chi connectivity index (χ3v) is 5.53. The Kier molecular flexibility index (Phi) is 4.50. The van der Waals surface area contributed by atoms with E-state index in [1.165, 1.54) is 23.5 Å². The molecule has 1 amide bonds. The molecule has 1 aliphatic heterocycles. The number of aliphatic hydroxyl groups is 1. The number of rotatable bonds is 2. The molecule has 5 heteroatoms. The van der Waals surface area contributed by atoms with E-state index in [1.807, 2.05) is 19.9 Å². The van der Waals surface area contributed by atoms with E-state index in [1.54, 1.807) is 17.0 Å². The summed E-state index contributed by atoms with van der Waals surface area (Å²) in [7, 11) is 0. The van der Waals surface area contributed by atoms with Crippen LogP contribution >= 0.6 is 11.3 Å². The number of carbonyl (C=O) groups excluding carboxylic acids is 1. The maximum absolute atomic E-state index is 13.1. The van der Waals surface area contributed by atoms with Crippen LogP contribution in [0.5, 0.6) is 0 Å². The van der Waals surface area contributed by atoms with Gasteiger partial charge in [-0.3, -0.25) is 4.79 Å². The number of likely N-dealkylation sites (tertiary alicyclic amines) is 1. The summed E-state index contributed by atoms with van der Waals surface area (Å²) in [5.74, 6) is -0.0642. The maximum atomic E-state index is 13.1. The molecule has 2 heterocycles. The third-order valence-electron chi connectivity index (χ3n) is 4.49. The molecule has 0 aliphatic carbocycles. The van der Waals surface area contributed by atoms with Crippen LogP contribution in [0.2, 0.25) is 0 Å². The number of nitrogens with zero attached hydrogens (tertiary/aromatic N) is 1. The lowest BCUT2D eigenvalue weighted by atomic mass is 9.96. The molecule has 2 unspecified atom stereocenters. The number of aryl methyl sites for hydroxylation is 1. The zero-order chi connectivity index (χ0) is 16.6. The highest BCUT2D eigenvalue weighted by Gasteiger charge is 2.28. The summed E-state index contributed by atoms with van der Waals surface area (Å²) in [6, 6.07) is 8.18. The standard InChI is InChI=1S/C18H20FNO2S/c1-11-7-8-20(10-16(11)21)18(22)17-9-15(12(2)23-17)13-3-5-14(19)6-4-13/h3-6,9,11,16,21H,7-8,10H2,1-2H3. The summed E-state index contributed by atoms with van der Waals surface area (Å²) in [6.07, 6.45) is 0.368. The Balaban J connectivity index is 1.83. The molecule has 2 atom stereocenters. The van der Waals surface area contributed by atoms with Crippen LogP contribution in [0, 0.1) is 18.7 Å². The average Bonchev–Trinajstić information content (AvgIpc) is 2.92. The van der Waals surface area contributed by atoms with Crippen molar-refractivity contribution in [2.24, 2.45) is 5.92 Å². The first-order chi connectivity index (χ1) is 11.0. The number of hydrogen-bond donors (Lipinski definition) is 1. The summed E-state index contributed by atoms with van der Waals surface area (Å²) in [5.41, 5.74) is 1.87. The Morgan fingerprint density at radius 1 is 1.35 bits per heavy atom. The van der Waals surface area contributed by atoms with E-state index < -0.39 is 6.10 Å². The molecular formula is C18H20FNO2S. The number of halogens is 1. The number of hydrogen-bond acceptors (Lipinski definition) is 3. The minimum Gasteiger partial charge on any atom is -0.391 e. The first kappa shape index (κ1) is 16.1. The monoisotopic (exact) mass is 333 g/mol. The van der Waals surface area contributed by atoms with E-state index >= 15 is 0 Å². The third kappa shape index (κ3) is 3.31. The summed E-state index contributed by atoms with van der Waals surface area (Å²) in [5, 5.41) is 9.98. The van der Waals surface area contributed by atoms with Gasteiger partial charge in [0.05, 0.1) is 11.0 Å². The Morgan fingerprint density at radius 2 is 2.04 bits per heavy atom. The predicted octanol–water partition coefficient (Wildman–Crippen LogP) is 3.71. The summed E-state index contributed by atoms with van der Waals surface area (Å²) < 4.78 is 13.1. The van der Waals surface area contributed by atoms with Gasteiger partial charge in [0.1, 0.15) is 5.82 Å². The van der Waals surface area contributed by atoms with Gasteiger partial charge in [-0.05, 0) is 48.6 Å². The molecule has 1 N–H and O–H groups in total. The SMILES string of the molecule is Cc1sc(C(=O)N2CCC(C)C(O)C2)cc1-c1ccc(F)cc1. The highest BCUT2D eigenvalue weighted by molar-refractivity contribution is 7.14. The number of benzene rings is 1. The van der Waals surface area contributed by atoms with Crippen molar-refractivity contribution in [2.45, 2.75) is 26.4 Å². The number of carbonyl (C=O) groups is 1. The molecule has 3 rings (SSSR count). The largest absolute Gasteiger partial charge is 0.391 e. The van der Waals surface area contributed by atoms with E-state index in [0.717, 1.165) is 22.4 Å². The normalized spacial score (nSPS) is 21.5. The van der Waals surface area contributed by atoms with Gasteiger partial charge in [-0.15, -0.1) is 11.3 Å². The van der Waals surface area contributed by atoms with E-state index in [-0.39, 0.29) is 17.6 Å². The van der Waals surface area contributed by atoms with Crippen LogP contribution in [0.4, 0.5) is 4.39 Å². The molecule has 0 radical (unpaired) electrons. The Hall–Kier alpha value is -1.72. The van der Waals surface area contributed by atoms with Gasteiger partial charge in [0.15, 0.2) is 0 Å². The van der Waals surface area contributed by atoms with Crippen molar-refractivity contribution in [1.82, 2.24) is 4.90 Å². The van der Waals surface area contributed by atoms with Gasteiger partial charge in [-0.2, -0.15) is 0 Å². The summed E-state index contributed by atoms with van der Waals surface area (Å²) in [6.45, 7) is 5.05. The van der Waals surface area contributed by atoms with Crippen molar-refractivity contribution in [1.29, 1.82) is 0 Å². The first-order valence-corrected chi connectivity index (χ1v) is 8.61. The molecular weight excluding hydrogens is 313 g/mol. The van der Waals surface area contributed by atoms with Crippen LogP contribution in [0.15, 0.2) is 30.3 Å². The molecule has 3 nitrogen and oxygen atoms in total. The van der Waals surface area contributed by atoms with Gasteiger partial charge >= 0.3 is 0 Å². The van der Waals surface area contributed by atoms with Gasteiger partial charge in [0.2, 0.25) is 0 Å². The Labute approximate surface area is 139 Å². The topological polar surface area (TPSA) is 40.5 Å². The number of piperidine rings is 1. The smallest absolute Gasteiger partial charge is 0.264 e. The van der Waals surface area contributed by atoms with Crippen LogP contribution in [-0.2, 0) is 0 Å². The molecule has 1 fully saturated rings. The lowest BCUT2D eigenvalue weighted by Crippen LogP contribution is -2.45. The minimum atomic E-state index is -0.453. The van der Waals surface area contributed by atoms with E-state index in [0.29, 0.717) is 18.0 Å². The average molecular weight is 333 g/mol. The fraction of sp³-hybridized carbons (Fsp3) is 0.389. The zero-order valence-electron chi connectivity index (χ0n) is 13.3. The van der Waals surface area contributed by atoms with E-state index in [4.69, 9.17) is 0 Å². The first-order valence-electron chi connectivity index (χ1n) is 7.79. The van der Waals surface area contributed by atoms with Crippen LogP contribution in [-0.4, -0.2) is 35.1 Å². The van der Waals surface area contributed by atoms with Crippen molar-refractivity contribution in [3.8, 4) is 11.1 Å². The molecule has 23 heavy (non-hydrogen) atoms. The van der Waals surface area contributed by atoms with Crippen molar-refractivity contribution in [3.05, 3.63) is 45.9 Å². The number of thiophene rings is 1. The summed E-state index contributed by atoms with van der Waals surface area (Å²) in [4.78, 5) is 16.1. The van der Waals surface area contributed by atoms with Gasteiger partial charge in [-0.1, -0.05) is 19.1 Å². The fourth-order valence-corrected chi connectivity index (χ4v) is 3.90. The highest BCUT2D eigenvalue weighted by atomic mass is 32.1. The molecule has 122 valence electrons. The molecule has 1 aromatic carbocycles. The van der Waals surface area contributed by atoms with Gasteiger partial charge in [-0.25, -0.2) is 4.39 Å².